The van der Waals surface area contributed by atoms with Gasteiger partial charge < -0.3 is 15.9 Å². The highest BCUT2D eigenvalue weighted by atomic mass is 32.1. The van der Waals surface area contributed by atoms with E-state index in [9.17, 15) is 4.79 Å². The second-order valence-electron chi connectivity index (χ2n) is 1.95. The number of nitrogens with one attached hydrogen (secondary N) is 2. The lowest BCUT2D eigenvalue weighted by Gasteiger charge is -1.95. The lowest BCUT2D eigenvalue weighted by molar-refractivity contribution is 0.449. The Labute approximate surface area is 71.8 Å². The van der Waals surface area contributed by atoms with Crippen LogP contribution in [-0.4, -0.2) is 21.3 Å². The number of aromatic nitrogens is 2. The van der Waals surface area contributed by atoms with Gasteiger partial charge in [0.2, 0.25) is 5.88 Å². The van der Waals surface area contributed by atoms with Gasteiger partial charge in [-0.2, -0.15) is 5.10 Å². The first kappa shape index (κ1) is 8.47. The third-order valence-corrected chi connectivity index (χ3v) is 1.37. The average molecular weight is 186 g/mol. The smallest absolute Gasteiger partial charge is 0.264 e. The summed E-state index contributed by atoms with van der Waals surface area (Å²) in [6, 6.07) is 0. The molecule has 0 spiro atoms. The van der Waals surface area contributed by atoms with Crippen molar-refractivity contribution in [2.24, 2.45) is 10.9 Å². The Balaban J connectivity index is 3.49. The summed E-state index contributed by atoms with van der Waals surface area (Å²) in [5.41, 5.74) is -0.587. The third-order valence-electron chi connectivity index (χ3n) is 1.16. The first-order valence-electron chi connectivity index (χ1n) is 2.94. The summed E-state index contributed by atoms with van der Waals surface area (Å²) in [5.74, 6) is 4.45. The Bertz CT molecular complexity index is 418. The van der Waals surface area contributed by atoms with Crippen molar-refractivity contribution >= 4 is 18.4 Å². The number of rotatable bonds is 1. The monoisotopic (exact) mass is 186 g/mol. The summed E-state index contributed by atoms with van der Waals surface area (Å²) in [6.07, 6.45) is 1.03. The Morgan fingerprint density at radius 1 is 1.58 bits per heavy atom. The van der Waals surface area contributed by atoms with Crippen molar-refractivity contribution in [3.05, 3.63) is 20.7 Å². The minimum Gasteiger partial charge on any atom is -0.494 e. The number of nitrogens with zero attached hydrogens (tertiary/aromatic N) is 1. The highest BCUT2D eigenvalue weighted by Crippen LogP contribution is 2.02. The molecule has 0 radical (unpaired) electrons. The standard InChI is InChI=1S/C5H6N4O2S/c6-7-1-2-3(10)8-5(12)9-4(2)11/h1H,6H2,(H3,8,9,10,11,12). The van der Waals surface area contributed by atoms with Crippen LogP contribution < -0.4 is 11.4 Å². The molecule has 0 aliphatic carbocycles. The summed E-state index contributed by atoms with van der Waals surface area (Å²) >= 11 is 4.58. The van der Waals surface area contributed by atoms with Crippen LogP contribution in [-0.2, 0) is 0 Å². The summed E-state index contributed by atoms with van der Waals surface area (Å²) in [6.45, 7) is 0. The maximum Gasteiger partial charge on any atom is 0.264 e. The molecule has 64 valence electrons. The van der Waals surface area contributed by atoms with Crippen LogP contribution in [0.5, 0.6) is 5.88 Å². The predicted molar refractivity (Wildman–Crippen MR) is 45.7 cm³/mol. The third kappa shape index (κ3) is 1.51. The first-order chi connectivity index (χ1) is 5.65. The van der Waals surface area contributed by atoms with E-state index in [1.54, 1.807) is 0 Å². The topological polar surface area (TPSA) is 107 Å². The molecule has 0 bridgehead atoms. The van der Waals surface area contributed by atoms with Crippen LogP contribution in [0.15, 0.2) is 9.90 Å². The zero-order valence-electron chi connectivity index (χ0n) is 5.87. The molecule has 0 unspecified atom stereocenters. The number of hydrogen-bond acceptors (Lipinski definition) is 5. The molecule has 1 aromatic heterocycles. The average Bonchev–Trinajstić information content (AvgIpc) is 1.96. The number of aromatic amines is 2. The summed E-state index contributed by atoms with van der Waals surface area (Å²) in [7, 11) is 0. The molecule has 0 fully saturated rings. The van der Waals surface area contributed by atoms with Crippen LogP contribution in [0.4, 0.5) is 0 Å². The quantitative estimate of drug-likeness (QED) is 0.204. The van der Waals surface area contributed by atoms with Gasteiger partial charge in [0, 0.05) is 0 Å². The fourth-order valence-electron chi connectivity index (χ4n) is 0.678. The van der Waals surface area contributed by atoms with E-state index in [0.29, 0.717) is 0 Å². The normalized spacial score (nSPS) is 10.7. The van der Waals surface area contributed by atoms with Gasteiger partial charge in [-0.1, -0.05) is 0 Å². The summed E-state index contributed by atoms with van der Waals surface area (Å²) in [5, 5.41) is 12.2. The fourth-order valence-corrected chi connectivity index (χ4v) is 0.868. The molecule has 0 saturated carbocycles. The molecule has 0 aromatic carbocycles. The van der Waals surface area contributed by atoms with E-state index in [1.807, 2.05) is 0 Å². The van der Waals surface area contributed by atoms with Crippen LogP contribution in [0.3, 0.4) is 0 Å². The predicted octanol–water partition coefficient (Wildman–Crippen LogP) is -0.569. The maximum atomic E-state index is 11.0. The molecule has 1 rings (SSSR count). The molecule has 0 aliphatic heterocycles. The molecule has 12 heavy (non-hydrogen) atoms. The lowest BCUT2D eigenvalue weighted by atomic mass is 10.3. The molecule has 7 heteroatoms. The number of nitrogens with two attached hydrogens (primary N) is 1. The van der Waals surface area contributed by atoms with Gasteiger partial charge in [-0.15, -0.1) is 0 Å². The van der Waals surface area contributed by atoms with Crippen LogP contribution in [0.2, 0.25) is 0 Å². The molecule has 1 aromatic rings. The molecule has 0 amide bonds. The number of hydrazone groups is 1. The molecule has 6 nitrogen and oxygen atoms in total. The molecular weight excluding hydrogens is 180 g/mol. The fraction of sp³-hybridized carbons (Fsp3) is 0. The van der Waals surface area contributed by atoms with Gasteiger partial charge in [-0.3, -0.25) is 9.78 Å². The molecule has 0 atom stereocenters. The highest BCUT2D eigenvalue weighted by molar-refractivity contribution is 7.71. The second kappa shape index (κ2) is 3.18. The Morgan fingerprint density at radius 2 is 2.25 bits per heavy atom. The van der Waals surface area contributed by atoms with Crippen molar-refractivity contribution in [3.8, 4) is 5.88 Å². The van der Waals surface area contributed by atoms with Gasteiger partial charge in [0.15, 0.2) is 4.77 Å². The van der Waals surface area contributed by atoms with Gasteiger partial charge in [0.25, 0.3) is 5.56 Å². The van der Waals surface area contributed by atoms with E-state index in [-0.39, 0.29) is 16.2 Å². The van der Waals surface area contributed by atoms with E-state index >= 15 is 0 Å². The van der Waals surface area contributed by atoms with Gasteiger partial charge >= 0.3 is 0 Å². The minimum atomic E-state index is -0.537. The zero-order chi connectivity index (χ0) is 9.14. The minimum absolute atomic E-state index is 0.0478. The maximum absolute atomic E-state index is 11.0. The molecule has 0 saturated heterocycles. The van der Waals surface area contributed by atoms with Gasteiger partial charge in [-0.05, 0) is 12.2 Å². The van der Waals surface area contributed by atoms with Gasteiger partial charge in [0.05, 0.1) is 6.21 Å². The van der Waals surface area contributed by atoms with E-state index in [4.69, 9.17) is 10.9 Å². The van der Waals surface area contributed by atoms with Crippen LogP contribution >= 0.6 is 12.2 Å². The van der Waals surface area contributed by atoms with E-state index < -0.39 is 5.56 Å². The van der Waals surface area contributed by atoms with Crippen molar-refractivity contribution < 1.29 is 5.11 Å². The molecule has 0 aliphatic rings. The van der Waals surface area contributed by atoms with Crippen molar-refractivity contribution in [1.29, 1.82) is 0 Å². The Morgan fingerprint density at radius 3 is 2.75 bits per heavy atom. The largest absolute Gasteiger partial charge is 0.494 e. The van der Waals surface area contributed by atoms with Crippen molar-refractivity contribution in [1.82, 2.24) is 9.97 Å². The number of H-pyrrole nitrogens is 2. The van der Waals surface area contributed by atoms with Crippen LogP contribution in [0, 0.1) is 4.77 Å². The Hall–Kier alpha value is -1.63. The van der Waals surface area contributed by atoms with Crippen molar-refractivity contribution in [3.63, 3.8) is 0 Å². The van der Waals surface area contributed by atoms with Crippen LogP contribution in [0.25, 0.3) is 0 Å². The van der Waals surface area contributed by atoms with Gasteiger partial charge in [0.1, 0.15) is 5.56 Å². The van der Waals surface area contributed by atoms with Crippen molar-refractivity contribution in [2.75, 3.05) is 0 Å². The molecule has 1 heterocycles. The second-order valence-corrected chi connectivity index (χ2v) is 2.36. The van der Waals surface area contributed by atoms with E-state index in [2.05, 4.69) is 27.3 Å². The molecular formula is C5H6N4O2S. The van der Waals surface area contributed by atoms with Crippen molar-refractivity contribution in [2.45, 2.75) is 0 Å². The SMILES string of the molecule is NN=Cc1c(O)[nH]c(=S)[nH]c1=O. The van der Waals surface area contributed by atoms with Gasteiger partial charge in [-0.25, -0.2) is 0 Å². The van der Waals surface area contributed by atoms with E-state index in [1.165, 1.54) is 0 Å². The number of hydrogen-bond donors (Lipinski definition) is 4. The summed E-state index contributed by atoms with van der Waals surface area (Å²) in [4.78, 5) is 15.6. The van der Waals surface area contributed by atoms with E-state index in [0.717, 1.165) is 6.21 Å². The molecule has 5 N–H and O–H groups in total. The first-order valence-corrected chi connectivity index (χ1v) is 3.35. The Kier molecular flexibility index (Phi) is 2.24. The zero-order valence-corrected chi connectivity index (χ0v) is 6.68. The number of aromatic hydroxyl groups is 1. The summed E-state index contributed by atoms with van der Waals surface area (Å²) < 4.78 is 0.0478. The van der Waals surface area contributed by atoms with Crippen LogP contribution in [0.1, 0.15) is 5.56 Å². The lowest BCUT2D eigenvalue weighted by Crippen LogP contribution is -2.13. The highest BCUT2D eigenvalue weighted by Gasteiger charge is 2.02.